The number of carbonyl (C=O) groups excluding carboxylic acids is 1. The molecular weight excluding hydrogens is 420 g/mol. The van der Waals surface area contributed by atoms with Gasteiger partial charge in [-0.25, -0.2) is 0 Å². The molecule has 1 N–H and O–H groups in total. The molecule has 28 heavy (non-hydrogen) atoms. The van der Waals surface area contributed by atoms with E-state index in [2.05, 4.69) is 32.7 Å². The van der Waals surface area contributed by atoms with E-state index in [1.165, 1.54) is 25.7 Å². The lowest BCUT2D eigenvalue weighted by molar-refractivity contribution is -0.139. The number of amides is 1. The number of likely N-dealkylation sites (tertiary alicyclic amines) is 1. The number of halogens is 1. The van der Waals surface area contributed by atoms with E-state index in [1.807, 2.05) is 0 Å². The first-order valence-corrected chi connectivity index (χ1v) is 12.6. The molecule has 0 spiro atoms. The number of aliphatic hydroxyl groups excluding tert-OH is 1. The molecule has 162 valence electrons. The van der Waals surface area contributed by atoms with Crippen LogP contribution >= 0.6 is 15.9 Å². The van der Waals surface area contributed by atoms with Crippen LogP contribution in [0, 0.1) is 5.92 Å². The lowest BCUT2D eigenvalue weighted by Crippen LogP contribution is -2.57. The molecule has 3 aliphatic rings. The van der Waals surface area contributed by atoms with E-state index in [4.69, 9.17) is 4.74 Å². The van der Waals surface area contributed by atoms with E-state index < -0.39 is 0 Å². The third-order valence-corrected chi connectivity index (χ3v) is 7.72. The van der Waals surface area contributed by atoms with Gasteiger partial charge in [-0.05, 0) is 64.2 Å². The van der Waals surface area contributed by atoms with Crippen LogP contribution in [0.4, 0.5) is 0 Å². The maximum absolute atomic E-state index is 12.7. The normalized spacial score (nSPS) is 33.0. The van der Waals surface area contributed by atoms with Crippen molar-refractivity contribution in [1.82, 2.24) is 9.80 Å². The van der Waals surface area contributed by atoms with Crippen LogP contribution in [0.25, 0.3) is 0 Å². The summed E-state index contributed by atoms with van der Waals surface area (Å²) in [6.45, 7) is 6.00. The lowest BCUT2D eigenvalue weighted by atomic mass is 9.84. The SMILES string of the molecule is CCOCC1CCC(N2CCC(N(C(=O)CBr)[C@@H]3CCCC[C@@H]3O)CC2)CC1. The van der Waals surface area contributed by atoms with Crippen molar-refractivity contribution in [3.05, 3.63) is 0 Å². The van der Waals surface area contributed by atoms with E-state index in [9.17, 15) is 9.90 Å². The number of hydrogen-bond donors (Lipinski definition) is 1. The van der Waals surface area contributed by atoms with Gasteiger partial charge >= 0.3 is 0 Å². The summed E-state index contributed by atoms with van der Waals surface area (Å²) in [6.07, 6.45) is 10.9. The third-order valence-electron chi connectivity index (χ3n) is 7.24. The number of hydrogen-bond acceptors (Lipinski definition) is 4. The van der Waals surface area contributed by atoms with Crippen LogP contribution in [0.5, 0.6) is 0 Å². The minimum Gasteiger partial charge on any atom is -0.391 e. The van der Waals surface area contributed by atoms with E-state index in [1.54, 1.807) is 0 Å². The van der Waals surface area contributed by atoms with Crippen molar-refractivity contribution in [3.8, 4) is 0 Å². The fraction of sp³-hybridized carbons (Fsp3) is 0.955. The van der Waals surface area contributed by atoms with Gasteiger partial charge in [-0.1, -0.05) is 28.8 Å². The molecule has 0 bridgehead atoms. The number of piperidine rings is 1. The van der Waals surface area contributed by atoms with Crippen LogP contribution in [-0.4, -0.2) is 76.7 Å². The summed E-state index contributed by atoms with van der Waals surface area (Å²) >= 11 is 3.37. The van der Waals surface area contributed by atoms with Gasteiger partial charge in [0.2, 0.25) is 5.91 Å². The van der Waals surface area contributed by atoms with Crippen LogP contribution in [0.3, 0.4) is 0 Å². The summed E-state index contributed by atoms with van der Waals surface area (Å²) in [5.74, 6) is 0.898. The van der Waals surface area contributed by atoms with E-state index in [0.29, 0.717) is 11.4 Å². The second kappa shape index (κ2) is 11.3. The van der Waals surface area contributed by atoms with Crippen LogP contribution in [0.15, 0.2) is 0 Å². The topological polar surface area (TPSA) is 53.0 Å². The van der Waals surface area contributed by atoms with Crippen molar-refractivity contribution in [2.45, 2.75) is 95.4 Å². The molecular formula is C22H39BrN2O3. The number of aliphatic hydroxyl groups is 1. The summed E-state index contributed by atoms with van der Waals surface area (Å²) in [5, 5.41) is 10.9. The molecule has 2 atom stereocenters. The largest absolute Gasteiger partial charge is 0.391 e. The molecule has 6 heteroatoms. The van der Waals surface area contributed by atoms with Crippen molar-refractivity contribution in [2.24, 2.45) is 5.92 Å². The monoisotopic (exact) mass is 458 g/mol. The number of alkyl halides is 1. The highest BCUT2D eigenvalue weighted by Gasteiger charge is 2.38. The van der Waals surface area contributed by atoms with Gasteiger partial charge in [-0.2, -0.15) is 0 Å². The molecule has 0 aromatic rings. The molecule has 1 amide bonds. The minimum atomic E-state index is -0.351. The quantitative estimate of drug-likeness (QED) is 0.592. The predicted octanol–water partition coefficient (Wildman–Crippen LogP) is 3.57. The molecule has 2 saturated carbocycles. The molecule has 1 heterocycles. The number of ether oxygens (including phenoxy) is 1. The zero-order valence-electron chi connectivity index (χ0n) is 17.5. The van der Waals surface area contributed by atoms with Gasteiger partial charge in [-0.3, -0.25) is 4.79 Å². The Morgan fingerprint density at radius 1 is 1.07 bits per heavy atom. The highest BCUT2D eigenvalue weighted by atomic mass is 79.9. The molecule has 0 radical (unpaired) electrons. The fourth-order valence-electron chi connectivity index (χ4n) is 5.63. The van der Waals surface area contributed by atoms with Crippen LogP contribution in [-0.2, 0) is 9.53 Å². The minimum absolute atomic E-state index is 0.0179. The Morgan fingerprint density at radius 3 is 2.36 bits per heavy atom. The highest BCUT2D eigenvalue weighted by Crippen LogP contribution is 2.32. The zero-order valence-corrected chi connectivity index (χ0v) is 19.1. The average Bonchev–Trinajstić information content (AvgIpc) is 2.74. The van der Waals surface area contributed by atoms with Gasteiger partial charge in [0, 0.05) is 38.4 Å². The highest BCUT2D eigenvalue weighted by molar-refractivity contribution is 9.09. The van der Waals surface area contributed by atoms with Gasteiger partial charge in [0.15, 0.2) is 0 Å². The van der Waals surface area contributed by atoms with Gasteiger partial charge in [0.1, 0.15) is 0 Å². The first-order valence-electron chi connectivity index (χ1n) is 11.5. The molecule has 0 aromatic heterocycles. The first-order chi connectivity index (χ1) is 13.6. The summed E-state index contributed by atoms with van der Waals surface area (Å²) < 4.78 is 5.62. The molecule has 3 rings (SSSR count). The smallest absolute Gasteiger partial charge is 0.233 e. The summed E-state index contributed by atoms with van der Waals surface area (Å²) in [5.41, 5.74) is 0. The van der Waals surface area contributed by atoms with E-state index in [-0.39, 0.29) is 24.1 Å². The van der Waals surface area contributed by atoms with Crippen LogP contribution in [0.2, 0.25) is 0 Å². The van der Waals surface area contributed by atoms with Crippen LogP contribution in [0.1, 0.15) is 71.1 Å². The van der Waals surface area contributed by atoms with Crippen molar-refractivity contribution in [3.63, 3.8) is 0 Å². The van der Waals surface area contributed by atoms with Crippen molar-refractivity contribution in [2.75, 3.05) is 31.6 Å². The Labute approximate surface area is 179 Å². The van der Waals surface area contributed by atoms with Gasteiger partial charge in [0.05, 0.1) is 17.5 Å². The summed E-state index contributed by atoms with van der Waals surface area (Å²) in [7, 11) is 0. The standard InChI is InChI=1S/C22H39BrN2O3/c1-2-28-16-17-7-9-18(10-8-17)24-13-11-19(12-14-24)25(22(27)15-23)20-5-3-4-6-21(20)26/h17-21,26H,2-16H2,1H3/t17?,18?,20-,21+/m1/s1. The summed E-state index contributed by atoms with van der Waals surface area (Å²) in [4.78, 5) is 17.4. The lowest BCUT2D eigenvalue weighted by Gasteiger charge is -2.47. The Hall–Kier alpha value is -0.170. The zero-order chi connectivity index (χ0) is 19.9. The summed E-state index contributed by atoms with van der Waals surface area (Å²) in [6, 6.07) is 1.01. The van der Waals surface area contributed by atoms with E-state index >= 15 is 0 Å². The third kappa shape index (κ3) is 5.71. The Balaban J connectivity index is 1.51. The maximum Gasteiger partial charge on any atom is 0.233 e. The maximum atomic E-state index is 12.7. The Bertz CT molecular complexity index is 476. The predicted molar refractivity (Wildman–Crippen MR) is 116 cm³/mol. The molecule has 1 saturated heterocycles. The molecule has 0 aromatic carbocycles. The van der Waals surface area contributed by atoms with Crippen molar-refractivity contribution < 1.29 is 14.6 Å². The number of nitrogens with zero attached hydrogens (tertiary/aromatic N) is 2. The van der Waals surface area contributed by atoms with E-state index in [0.717, 1.165) is 70.7 Å². The fourth-order valence-corrected chi connectivity index (χ4v) is 5.92. The van der Waals surface area contributed by atoms with Crippen LogP contribution < -0.4 is 0 Å². The van der Waals surface area contributed by atoms with Crippen molar-refractivity contribution >= 4 is 21.8 Å². The molecule has 5 nitrogen and oxygen atoms in total. The molecule has 0 unspecified atom stereocenters. The van der Waals surface area contributed by atoms with Crippen molar-refractivity contribution in [1.29, 1.82) is 0 Å². The van der Waals surface area contributed by atoms with Gasteiger partial charge < -0.3 is 19.6 Å². The molecule has 3 fully saturated rings. The Kier molecular flexibility index (Phi) is 9.07. The number of rotatable bonds is 7. The average molecular weight is 459 g/mol. The second-order valence-electron chi connectivity index (χ2n) is 8.95. The number of carbonyl (C=O) groups is 1. The van der Waals surface area contributed by atoms with Gasteiger partial charge in [0.25, 0.3) is 0 Å². The molecule has 1 aliphatic heterocycles. The second-order valence-corrected chi connectivity index (χ2v) is 9.52. The molecule has 2 aliphatic carbocycles. The first kappa shape index (κ1) is 22.5. The Morgan fingerprint density at radius 2 is 1.75 bits per heavy atom. The van der Waals surface area contributed by atoms with Gasteiger partial charge in [-0.15, -0.1) is 0 Å².